The van der Waals surface area contributed by atoms with Crippen molar-refractivity contribution < 1.29 is 8.78 Å². The predicted molar refractivity (Wildman–Crippen MR) is 63.2 cm³/mol. The molecule has 6 heteroatoms. The van der Waals surface area contributed by atoms with E-state index in [4.69, 9.17) is 5.73 Å². The Morgan fingerprint density at radius 1 is 1.47 bits per heavy atom. The fraction of sp³-hybridized carbons (Fsp3) is 0.545. The van der Waals surface area contributed by atoms with Gasteiger partial charge in [-0.25, -0.2) is 8.78 Å². The van der Waals surface area contributed by atoms with Crippen LogP contribution in [-0.4, -0.2) is 36.0 Å². The van der Waals surface area contributed by atoms with Crippen LogP contribution in [0.3, 0.4) is 0 Å². The average molecular weight is 245 g/mol. The summed E-state index contributed by atoms with van der Waals surface area (Å²) >= 11 is 0. The number of hydrogen-bond donors (Lipinski definition) is 1. The van der Waals surface area contributed by atoms with Crippen molar-refractivity contribution in [3.05, 3.63) is 28.7 Å². The number of nitrogens with two attached hydrogens (primary N) is 1. The lowest BCUT2D eigenvalue weighted by atomic mass is 10.3. The summed E-state index contributed by atoms with van der Waals surface area (Å²) in [6, 6.07) is 2.94. The second-order valence-corrected chi connectivity index (χ2v) is 4.00. The lowest BCUT2D eigenvalue weighted by Gasteiger charge is -2.16. The van der Waals surface area contributed by atoms with E-state index >= 15 is 0 Å². The first kappa shape index (κ1) is 13.6. The number of nitrogen functional groups attached to an aromatic ring is 1. The molecule has 0 aliphatic carbocycles. The Hall–Kier alpha value is -1.43. The normalized spacial score (nSPS) is 11.4. The van der Waals surface area contributed by atoms with Crippen LogP contribution < -0.4 is 11.3 Å². The van der Waals surface area contributed by atoms with Crippen molar-refractivity contribution in [2.75, 3.05) is 25.9 Å². The zero-order valence-corrected chi connectivity index (χ0v) is 9.77. The summed E-state index contributed by atoms with van der Waals surface area (Å²) in [6.07, 6.45) is -0.128. The van der Waals surface area contributed by atoms with Crippen LogP contribution in [-0.2, 0) is 6.54 Å². The number of anilines is 1. The molecule has 0 atom stereocenters. The minimum atomic E-state index is -2.32. The highest BCUT2D eigenvalue weighted by molar-refractivity contribution is 5.33. The van der Waals surface area contributed by atoms with Crippen molar-refractivity contribution in [1.82, 2.24) is 9.47 Å². The highest BCUT2D eigenvalue weighted by atomic mass is 19.3. The zero-order valence-electron chi connectivity index (χ0n) is 9.77. The molecule has 96 valence electrons. The lowest BCUT2D eigenvalue weighted by molar-refractivity contribution is 0.0993. The van der Waals surface area contributed by atoms with Crippen LogP contribution in [0.2, 0.25) is 0 Å². The van der Waals surface area contributed by atoms with E-state index in [1.165, 1.54) is 10.6 Å². The monoisotopic (exact) mass is 245 g/mol. The van der Waals surface area contributed by atoms with Gasteiger partial charge >= 0.3 is 0 Å². The molecule has 0 aromatic carbocycles. The first-order chi connectivity index (χ1) is 7.99. The third-order valence-corrected chi connectivity index (χ3v) is 2.39. The summed E-state index contributed by atoms with van der Waals surface area (Å²) in [5.41, 5.74) is 5.95. The predicted octanol–water partition coefficient (Wildman–Crippen LogP) is 1.02. The average Bonchev–Trinajstić information content (AvgIpc) is 2.22. The molecule has 1 aromatic rings. The highest BCUT2D eigenvalue weighted by Gasteiger charge is 2.07. The number of pyridine rings is 1. The first-order valence-electron chi connectivity index (χ1n) is 5.41. The fourth-order valence-corrected chi connectivity index (χ4v) is 1.56. The van der Waals surface area contributed by atoms with E-state index in [2.05, 4.69) is 0 Å². The van der Waals surface area contributed by atoms with Crippen LogP contribution in [0.5, 0.6) is 0 Å². The van der Waals surface area contributed by atoms with Crippen LogP contribution >= 0.6 is 0 Å². The smallest absolute Gasteiger partial charge is 0.251 e. The van der Waals surface area contributed by atoms with Gasteiger partial charge in [-0.15, -0.1) is 0 Å². The maximum Gasteiger partial charge on any atom is 0.251 e. The van der Waals surface area contributed by atoms with E-state index in [0.717, 1.165) is 0 Å². The summed E-state index contributed by atoms with van der Waals surface area (Å²) in [6.45, 7) is 0.759. The number of alkyl halides is 2. The van der Waals surface area contributed by atoms with Crippen molar-refractivity contribution in [1.29, 1.82) is 0 Å². The van der Waals surface area contributed by atoms with Crippen molar-refractivity contribution in [3.63, 3.8) is 0 Å². The summed E-state index contributed by atoms with van der Waals surface area (Å²) < 4.78 is 25.6. The molecule has 0 aliphatic rings. The maximum atomic E-state index is 12.0. The van der Waals surface area contributed by atoms with E-state index < -0.39 is 6.43 Å². The molecule has 2 N–H and O–H groups in total. The first-order valence-corrected chi connectivity index (χ1v) is 5.41. The molecule has 0 unspecified atom stereocenters. The molecular formula is C11H17F2N3O. The van der Waals surface area contributed by atoms with Gasteiger partial charge in [0.2, 0.25) is 0 Å². The third kappa shape index (κ3) is 4.95. The molecule has 0 spiro atoms. The molecule has 1 rings (SSSR count). The molecule has 0 aliphatic heterocycles. The Morgan fingerprint density at radius 3 is 2.82 bits per heavy atom. The van der Waals surface area contributed by atoms with Gasteiger partial charge < -0.3 is 15.2 Å². The van der Waals surface area contributed by atoms with Crippen molar-refractivity contribution >= 4 is 5.69 Å². The van der Waals surface area contributed by atoms with Gasteiger partial charge in [-0.2, -0.15) is 0 Å². The largest absolute Gasteiger partial charge is 0.398 e. The van der Waals surface area contributed by atoms with Gasteiger partial charge in [0.1, 0.15) is 0 Å². The van der Waals surface area contributed by atoms with Gasteiger partial charge in [0.05, 0.1) is 6.54 Å². The van der Waals surface area contributed by atoms with Gasteiger partial charge in [-0.3, -0.25) is 4.79 Å². The van der Waals surface area contributed by atoms with E-state index in [1.54, 1.807) is 24.2 Å². The number of halogens is 2. The molecule has 0 fully saturated rings. The van der Waals surface area contributed by atoms with Gasteiger partial charge in [0, 0.05) is 24.5 Å². The van der Waals surface area contributed by atoms with E-state index in [-0.39, 0.29) is 12.1 Å². The van der Waals surface area contributed by atoms with Crippen LogP contribution in [0.4, 0.5) is 14.5 Å². The standard InChI is InChI=1S/C11H17F2N3O/c1-15(8-10(12)13)5-2-6-16-7-9(14)3-4-11(16)17/h3-4,7,10H,2,5-6,8,14H2,1H3. The Kier molecular flexibility index (Phi) is 5.09. The van der Waals surface area contributed by atoms with Crippen molar-refractivity contribution in [3.8, 4) is 0 Å². The molecule has 4 nitrogen and oxygen atoms in total. The van der Waals surface area contributed by atoms with Crippen LogP contribution in [0.25, 0.3) is 0 Å². The zero-order chi connectivity index (χ0) is 12.8. The SMILES string of the molecule is CN(CCCn1cc(N)ccc1=O)CC(F)F. The second kappa shape index (κ2) is 6.34. The number of nitrogens with zero attached hydrogens (tertiary/aromatic N) is 2. The van der Waals surface area contributed by atoms with Gasteiger partial charge in [0.25, 0.3) is 12.0 Å². The molecular weight excluding hydrogens is 228 g/mol. The van der Waals surface area contributed by atoms with Crippen molar-refractivity contribution in [2.45, 2.75) is 19.4 Å². The number of hydrogen-bond acceptors (Lipinski definition) is 3. The number of aryl methyl sites for hydroxylation is 1. The van der Waals surface area contributed by atoms with E-state index in [0.29, 0.717) is 25.2 Å². The maximum absolute atomic E-state index is 12.0. The molecule has 1 aromatic heterocycles. The molecule has 17 heavy (non-hydrogen) atoms. The van der Waals surface area contributed by atoms with Gasteiger partial charge in [0.15, 0.2) is 0 Å². The topological polar surface area (TPSA) is 51.3 Å². The second-order valence-electron chi connectivity index (χ2n) is 4.00. The minimum Gasteiger partial charge on any atom is -0.398 e. The molecule has 0 saturated heterocycles. The summed E-state index contributed by atoms with van der Waals surface area (Å²) in [4.78, 5) is 12.9. The Bertz CT molecular complexity index is 406. The Balaban J connectivity index is 2.40. The van der Waals surface area contributed by atoms with Gasteiger partial charge in [-0.1, -0.05) is 0 Å². The summed E-state index contributed by atoms with van der Waals surface area (Å²) in [7, 11) is 1.63. The molecule has 1 heterocycles. The molecule has 0 bridgehead atoms. The third-order valence-electron chi connectivity index (χ3n) is 2.39. The Morgan fingerprint density at radius 2 is 2.18 bits per heavy atom. The summed E-state index contributed by atoms with van der Waals surface area (Å²) in [5.74, 6) is 0. The van der Waals surface area contributed by atoms with Crippen molar-refractivity contribution in [2.24, 2.45) is 0 Å². The van der Waals surface area contributed by atoms with E-state index in [9.17, 15) is 13.6 Å². The van der Waals surface area contributed by atoms with E-state index in [1.807, 2.05) is 0 Å². The lowest BCUT2D eigenvalue weighted by Crippen LogP contribution is -2.27. The fourth-order valence-electron chi connectivity index (χ4n) is 1.56. The minimum absolute atomic E-state index is 0.129. The van der Waals surface area contributed by atoms with Crippen LogP contribution in [0.15, 0.2) is 23.1 Å². The number of aromatic nitrogens is 1. The van der Waals surface area contributed by atoms with Crippen LogP contribution in [0, 0.1) is 0 Å². The van der Waals surface area contributed by atoms with Crippen LogP contribution in [0.1, 0.15) is 6.42 Å². The number of rotatable bonds is 6. The quantitative estimate of drug-likeness (QED) is 0.814. The summed E-state index contributed by atoms with van der Waals surface area (Å²) in [5, 5.41) is 0. The Labute approximate surface area is 98.6 Å². The molecule has 0 amide bonds. The molecule has 0 saturated carbocycles. The van der Waals surface area contributed by atoms with Gasteiger partial charge in [-0.05, 0) is 26.1 Å². The molecule has 0 radical (unpaired) electrons. The highest BCUT2D eigenvalue weighted by Crippen LogP contribution is 1.99.